The van der Waals surface area contributed by atoms with Gasteiger partial charge in [0.05, 0.1) is 11.8 Å². The summed E-state index contributed by atoms with van der Waals surface area (Å²) in [6, 6.07) is -0.344. The topological polar surface area (TPSA) is 89.9 Å². The average molecular weight is 300 g/mol. The highest BCUT2D eigenvalue weighted by Gasteiger charge is 2.39. The number of nitrogens with one attached hydrogen (secondary N) is 1. The van der Waals surface area contributed by atoms with Crippen LogP contribution in [0.25, 0.3) is 0 Å². The van der Waals surface area contributed by atoms with Gasteiger partial charge in [0.1, 0.15) is 17.7 Å². The number of carboxylic acids is 1. The summed E-state index contributed by atoms with van der Waals surface area (Å²) in [5, 5.41) is 20.6. The molecule has 1 saturated heterocycles. The third-order valence-corrected chi connectivity index (χ3v) is 3.31. The van der Waals surface area contributed by atoms with Gasteiger partial charge in [-0.1, -0.05) is 0 Å². The maximum Gasteiger partial charge on any atom is 0.326 e. The molecule has 114 valence electrons. The predicted octanol–water partition coefficient (Wildman–Crippen LogP) is 1.32. The van der Waals surface area contributed by atoms with Crippen molar-refractivity contribution in [2.45, 2.75) is 25.5 Å². The number of aliphatic carboxylic acids is 1. The zero-order valence-corrected chi connectivity index (χ0v) is 11.1. The standard InChI is InChI=1S/C13H14F2N2O4/c1-6-2-9(15)10(4-8(6)14)16-13(21)17-5-7(18)3-11(17)12(19)20/h2,4,7,11,18H,3,5H2,1H3,(H,16,21)(H,19,20)/t7-,11-/m1/s1. The fourth-order valence-electron chi connectivity index (χ4n) is 2.20. The molecule has 1 heterocycles. The van der Waals surface area contributed by atoms with Gasteiger partial charge in [-0.2, -0.15) is 0 Å². The van der Waals surface area contributed by atoms with Crippen molar-refractivity contribution in [2.24, 2.45) is 0 Å². The van der Waals surface area contributed by atoms with E-state index < -0.39 is 35.8 Å². The fourth-order valence-corrected chi connectivity index (χ4v) is 2.20. The van der Waals surface area contributed by atoms with Crippen LogP contribution >= 0.6 is 0 Å². The van der Waals surface area contributed by atoms with Crippen LogP contribution in [-0.4, -0.2) is 45.8 Å². The molecule has 1 aromatic carbocycles. The zero-order chi connectivity index (χ0) is 15.7. The lowest BCUT2D eigenvalue weighted by molar-refractivity contribution is -0.141. The minimum atomic E-state index is -1.27. The van der Waals surface area contributed by atoms with Gasteiger partial charge in [0.25, 0.3) is 0 Å². The average Bonchev–Trinajstić information content (AvgIpc) is 2.78. The van der Waals surface area contributed by atoms with Crippen LogP contribution in [0.4, 0.5) is 19.3 Å². The van der Waals surface area contributed by atoms with Gasteiger partial charge in [-0.15, -0.1) is 0 Å². The summed E-state index contributed by atoms with van der Waals surface area (Å²) in [5.74, 6) is -2.78. The minimum absolute atomic E-state index is 0.0884. The van der Waals surface area contributed by atoms with Crippen LogP contribution in [0.1, 0.15) is 12.0 Å². The Morgan fingerprint density at radius 1 is 1.33 bits per heavy atom. The van der Waals surface area contributed by atoms with Crippen molar-refractivity contribution in [2.75, 3.05) is 11.9 Å². The number of anilines is 1. The van der Waals surface area contributed by atoms with E-state index in [0.717, 1.165) is 17.0 Å². The molecule has 1 aliphatic heterocycles. The minimum Gasteiger partial charge on any atom is -0.480 e. The molecule has 8 heteroatoms. The largest absolute Gasteiger partial charge is 0.480 e. The first-order chi connectivity index (χ1) is 9.79. The first-order valence-corrected chi connectivity index (χ1v) is 6.23. The second-order valence-electron chi connectivity index (χ2n) is 4.91. The number of hydrogen-bond acceptors (Lipinski definition) is 3. The molecule has 0 radical (unpaired) electrons. The van der Waals surface area contributed by atoms with E-state index in [-0.39, 0.29) is 24.2 Å². The molecule has 1 aliphatic rings. The lowest BCUT2D eigenvalue weighted by Gasteiger charge is -2.21. The first-order valence-electron chi connectivity index (χ1n) is 6.23. The number of halogens is 2. The molecule has 1 aromatic rings. The van der Waals surface area contributed by atoms with Crippen molar-refractivity contribution >= 4 is 17.7 Å². The van der Waals surface area contributed by atoms with Crippen molar-refractivity contribution in [1.82, 2.24) is 4.90 Å². The quantitative estimate of drug-likeness (QED) is 0.768. The van der Waals surface area contributed by atoms with E-state index in [2.05, 4.69) is 5.32 Å². The molecule has 0 spiro atoms. The maximum atomic E-state index is 13.6. The molecule has 0 aliphatic carbocycles. The van der Waals surface area contributed by atoms with E-state index in [1.165, 1.54) is 6.92 Å². The van der Waals surface area contributed by atoms with Crippen molar-refractivity contribution in [3.63, 3.8) is 0 Å². The number of urea groups is 1. The molecule has 0 aromatic heterocycles. The van der Waals surface area contributed by atoms with Crippen LogP contribution in [0.15, 0.2) is 12.1 Å². The Morgan fingerprint density at radius 3 is 2.62 bits per heavy atom. The van der Waals surface area contributed by atoms with E-state index >= 15 is 0 Å². The highest BCUT2D eigenvalue weighted by atomic mass is 19.1. The Morgan fingerprint density at radius 2 is 2.00 bits per heavy atom. The number of likely N-dealkylation sites (tertiary alicyclic amines) is 1. The summed E-state index contributed by atoms with van der Waals surface area (Å²) in [5.41, 5.74) is -0.292. The monoisotopic (exact) mass is 300 g/mol. The van der Waals surface area contributed by atoms with E-state index in [1.807, 2.05) is 0 Å². The molecule has 0 saturated carbocycles. The van der Waals surface area contributed by atoms with Gasteiger partial charge >= 0.3 is 12.0 Å². The molecule has 6 nitrogen and oxygen atoms in total. The molecule has 2 amide bonds. The SMILES string of the molecule is Cc1cc(F)c(NC(=O)N2C[C@H](O)C[C@@H]2C(=O)O)cc1F. The van der Waals surface area contributed by atoms with Gasteiger partial charge in [0.15, 0.2) is 0 Å². The van der Waals surface area contributed by atoms with Crippen LogP contribution in [0.2, 0.25) is 0 Å². The normalized spacial score (nSPS) is 21.4. The van der Waals surface area contributed by atoms with Crippen LogP contribution in [0, 0.1) is 18.6 Å². The van der Waals surface area contributed by atoms with Crippen LogP contribution in [0.3, 0.4) is 0 Å². The lowest BCUT2D eigenvalue weighted by Crippen LogP contribution is -2.43. The van der Waals surface area contributed by atoms with E-state index in [0.29, 0.717) is 0 Å². The second-order valence-corrected chi connectivity index (χ2v) is 4.91. The lowest BCUT2D eigenvalue weighted by atomic mass is 10.2. The van der Waals surface area contributed by atoms with Gasteiger partial charge in [-0.3, -0.25) is 0 Å². The molecule has 0 unspecified atom stereocenters. The Balaban J connectivity index is 2.18. The number of β-amino-alcohol motifs (C(OH)–C–C–N with tert-alkyl or cyclic N) is 1. The predicted molar refractivity (Wildman–Crippen MR) is 68.9 cm³/mol. The fraction of sp³-hybridized carbons (Fsp3) is 0.385. The summed E-state index contributed by atoms with van der Waals surface area (Å²) >= 11 is 0. The molecular formula is C13H14F2N2O4. The van der Waals surface area contributed by atoms with Crippen LogP contribution in [-0.2, 0) is 4.79 Å². The molecule has 21 heavy (non-hydrogen) atoms. The number of carboxylic acid groups (broad SMARTS) is 1. The smallest absolute Gasteiger partial charge is 0.326 e. The number of hydrogen-bond donors (Lipinski definition) is 3. The number of aryl methyl sites for hydroxylation is 1. The highest BCUT2D eigenvalue weighted by molar-refractivity contribution is 5.93. The van der Waals surface area contributed by atoms with Gasteiger partial charge in [-0.25, -0.2) is 18.4 Å². The van der Waals surface area contributed by atoms with Crippen molar-refractivity contribution in [3.05, 3.63) is 29.3 Å². The van der Waals surface area contributed by atoms with Crippen LogP contribution < -0.4 is 5.32 Å². The van der Waals surface area contributed by atoms with Crippen LogP contribution in [0.5, 0.6) is 0 Å². The Hall–Kier alpha value is -2.22. The molecule has 3 N–H and O–H groups in total. The number of aliphatic hydroxyl groups excluding tert-OH is 1. The Bertz CT molecular complexity index is 594. The highest BCUT2D eigenvalue weighted by Crippen LogP contribution is 2.22. The van der Waals surface area contributed by atoms with Crippen molar-refractivity contribution < 1.29 is 28.6 Å². The third-order valence-electron chi connectivity index (χ3n) is 3.31. The number of carbonyl (C=O) groups excluding carboxylic acids is 1. The Labute approximate surface area is 119 Å². The Kier molecular flexibility index (Phi) is 4.08. The molecule has 1 fully saturated rings. The van der Waals surface area contributed by atoms with Gasteiger partial charge in [-0.05, 0) is 18.6 Å². The second kappa shape index (κ2) is 5.65. The summed E-state index contributed by atoms with van der Waals surface area (Å²) < 4.78 is 27.0. The first kappa shape index (κ1) is 15.2. The third kappa shape index (κ3) is 3.10. The number of carbonyl (C=O) groups is 2. The molecule has 2 rings (SSSR count). The van der Waals surface area contributed by atoms with E-state index in [9.17, 15) is 23.5 Å². The summed E-state index contributed by atoms with van der Waals surface area (Å²) in [6.07, 6.45) is -1.07. The van der Waals surface area contributed by atoms with Gasteiger partial charge in [0, 0.05) is 19.0 Å². The van der Waals surface area contributed by atoms with Crippen molar-refractivity contribution in [3.8, 4) is 0 Å². The van der Waals surface area contributed by atoms with E-state index in [1.54, 1.807) is 0 Å². The summed E-state index contributed by atoms with van der Waals surface area (Å²) in [6.45, 7) is 1.19. The van der Waals surface area contributed by atoms with Crippen molar-refractivity contribution in [1.29, 1.82) is 0 Å². The van der Waals surface area contributed by atoms with Gasteiger partial charge in [0.2, 0.25) is 0 Å². The zero-order valence-electron chi connectivity index (χ0n) is 11.1. The molecular weight excluding hydrogens is 286 g/mol. The number of aliphatic hydroxyl groups is 1. The summed E-state index contributed by atoms with van der Waals surface area (Å²) in [4.78, 5) is 23.9. The molecule has 2 atom stereocenters. The molecule has 0 bridgehead atoms. The summed E-state index contributed by atoms with van der Waals surface area (Å²) in [7, 11) is 0. The van der Waals surface area contributed by atoms with E-state index in [4.69, 9.17) is 5.11 Å². The number of benzene rings is 1. The number of nitrogens with zero attached hydrogens (tertiary/aromatic N) is 1. The number of rotatable bonds is 2. The maximum absolute atomic E-state index is 13.6. The number of amides is 2. The van der Waals surface area contributed by atoms with Gasteiger partial charge < -0.3 is 20.4 Å².